The van der Waals surface area contributed by atoms with Gasteiger partial charge in [-0.3, -0.25) is 10.1 Å². The number of allylic oxidation sites excluding steroid dienone is 1. The van der Waals surface area contributed by atoms with Crippen LogP contribution in [-0.2, 0) is 6.54 Å². The number of non-ortho nitro benzene ring substituents is 1. The van der Waals surface area contributed by atoms with Gasteiger partial charge in [0, 0.05) is 18.7 Å². The number of nitrogens with one attached hydrogen (secondary N) is 1. The molecule has 0 bridgehead atoms. The van der Waals surface area contributed by atoms with Gasteiger partial charge in [0.1, 0.15) is 0 Å². The molecule has 1 N–H and O–H groups in total. The first-order valence-corrected chi connectivity index (χ1v) is 6.87. The SMILES string of the molecule is Cl.O=[N+]([O-])c1ccc(CNCCC2=CCCCC2)cc1. The molecule has 0 amide bonds. The Hall–Kier alpha value is -1.39. The monoisotopic (exact) mass is 296 g/mol. The number of nitrogens with zero attached hydrogens (tertiary/aromatic N) is 1. The fourth-order valence-electron chi connectivity index (χ4n) is 2.35. The van der Waals surface area contributed by atoms with Gasteiger partial charge in [0.05, 0.1) is 4.92 Å². The van der Waals surface area contributed by atoms with Crippen LogP contribution in [0.1, 0.15) is 37.7 Å². The van der Waals surface area contributed by atoms with E-state index in [-0.39, 0.29) is 23.0 Å². The molecule has 20 heavy (non-hydrogen) atoms. The zero-order valence-electron chi connectivity index (χ0n) is 11.5. The maximum Gasteiger partial charge on any atom is 0.269 e. The van der Waals surface area contributed by atoms with Crippen LogP contribution in [0.5, 0.6) is 0 Å². The van der Waals surface area contributed by atoms with Gasteiger partial charge in [-0.1, -0.05) is 23.8 Å². The van der Waals surface area contributed by atoms with Gasteiger partial charge in [-0.15, -0.1) is 12.4 Å². The highest BCUT2D eigenvalue weighted by Crippen LogP contribution is 2.19. The van der Waals surface area contributed by atoms with Crippen molar-refractivity contribution in [1.29, 1.82) is 0 Å². The lowest BCUT2D eigenvalue weighted by atomic mass is 9.97. The van der Waals surface area contributed by atoms with E-state index in [1.54, 1.807) is 17.7 Å². The highest BCUT2D eigenvalue weighted by Gasteiger charge is 2.04. The Bertz CT molecular complexity index is 457. The van der Waals surface area contributed by atoms with Gasteiger partial charge < -0.3 is 5.32 Å². The molecule has 110 valence electrons. The molecule has 0 saturated carbocycles. The molecular formula is C15H21ClN2O2. The van der Waals surface area contributed by atoms with Gasteiger partial charge in [0.25, 0.3) is 5.69 Å². The summed E-state index contributed by atoms with van der Waals surface area (Å²) in [5.74, 6) is 0. The smallest absolute Gasteiger partial charge is 0.269 e. The molecule has 0 spiro atoms. The average Bonchev–Trinajstić information content (AvgIpc) is 2.45. The van der Waals surface area contributed by atoms with Crippen molar-refractivity contribution in [3.8, 4) is 0 Å². The summed E-state index contributed by atoms with van der Waals surface area (Å²) < 4.78 is 0. The average molecular weight is 297 g/mol. The zero-order chi connectivity index (χ0) is 13.5. The molecule has 0 unspecified atom stereocenters. The Balaban J connectivity index is 0.00000200. The molecule has 0 fully saturated rings. The van der Waals surface area contributed by atoms with Crippen LogP contribution in [0.25, 0.3) is 0 Å². The maximum atomic E-state index is 10.5. The number of rotatable bonds is 6. The normalized spacial score (nSPS) is 14.3. The number of halogens is 1. The number of hydrogen-bond donors (Lipinski definition) is 1. The number of nitro benzene ring substituents is 1. The van der Waals surface area contributed by atoms with E-state index in [9.17, 15) is 10.1 Å². The van der Waals surface area contributed by atoms with E-state index < -0.39 is 0 Å². The summed E-state index contributed by atoms with van der Waals surface area (Å²) in [6.07, 6.45) is 8.63. The predicted octanol–water partition coefficient (Wildman–Crippen LogP) is 4.00. The molecule has 1 aromatic rings. The highest BCUT2D eigenvalue weighted by atomic mass is 35.5. The van der Waals surface area contributed by atoms with Crippen molar-refractivity contribution in [2.45, 2.75) is 38.6 Å². The Morgan fingerprint density at radius 1 is 1.20 bits per heavy atom. The second kappa shape index (κ2) is 8.72. The lowest BCUT2D eigenvalue weighted by Gasteiger charge is -2.12. The van der Waals surface area contributed by atoms with Crippen LogP contribution in [0.4, 0.5) is 5.69 Å². The van der Waals surface area contributed by atoms with Crippen LogP contribution in [-0.4, -0.2) is 11.5 Å². The van der Waals surface area contributed by atoms with Gasteiger partial charge in [-0.25, -0.2) is 0 Å². The topological polar surface area (TPSA) is 55.2 Å². The van der Waals surface area contributed by atoms with Gasteiger partial charge in [-0.05, 0) is 44.2 Å². The van der Waals surface area contributed by atoms with E-state index in [1.165, 1.54) is 25.7 Å². The fraction of sp³-hybridized carbons (Fsp3) is 0.467. The van der Waals surface area contributed by atoms with Crippen molar-refractivity contribution in [1.82, 2.24) is 5.32 Å². The molecule has 2 rings (SSSR count). The molecular weight excluding hydrogens is 276 g/mol. The third-order valence-electron chi connectivity index (χ3n) is 3.48. The summed E-state index contributed by atoms with van der Waals surface area (Å²) >= 11 is 0. The highest BCUT2D eigenvalue weighted by molar-refractivity contribution is 5.85. The third-order valence-corrected chi connectivity index (χ3v) is 3.48. The van der Waals surface area contributed by atoms with Gasteiger partial charge in [-0.2, -0.15) is 0 Å². The minimum absolute atomic E-state index is 0. The van der Waals surface area contributed by atoms with E-state index in [0.29, 0.717) is 0 Å². The lowest BCUT2D eigenvalue weighted by Crippen LogP contribution is -2.15. The fourth-order valence-corrected chi connectivity index (χ4v) is 2.35. The summed E-state index contributed by atoms with van der Waals surface area (Å²) in [5, 5.41) is 13.9. The van der Waals surface area contributed by atoms with Crippen LogP contribution in [0.15, 0.2) is 35.9 Å². The summed E-state index contributed by atoms with van der Waals surface area (Å²) in [7, 11) is 0. The van der Waals surface area contributed by atoms with Crippen molar-refractivity contribution in [2.24, 2.45) is 0 Å². The van der Waals surface area contributed by atoms with Crippen molar-refractivity contribution in [3.63, 3.8) is 0 Å². The van der Waals surface area contributed by atoms with Gasteiger partial charge in [0.2, 0.25) is 0 Å². The number of hydrogen-bond acceptors (Lipinski definition) is 3. The van der Waals surface area contributed by atoms with E-state index in [4.69, 9.17) is 0 Å². The summed E-state index contributed by atoms with van der Waals surface area (Å²) in [4.78, 5) is 10.2. The number of benzene rings is 1. The maximum absolute atomic E-state index is 10.5. The minimum Gasteiger partial charge on any atom is -0.312 e. The Kier molecular flexibility index (Phi) is 7.26. The molecule has 1 aromatic carbocycles. The molecule has 1 aliphatic carbocycles. The first-order valence-electron chi connectivity index (χ1n) is 6.87. The number of nitro groups is 1. The van der Waals surface area contributed by atoms with Gasteiger partial charge >= 0.3 is 0 Å². The van der Waals surface area contributed by atoms with Crippen LogP contribution in [0.2, 0.25) is 0 Å². The molecule has 0 aromatic heterocycles. The first kappa shape index (κ1) is 16.7. The largest absolute Gasteiger partial charge is 0.312 e. The minimum atomic E-state index is -0.368. The molecule has 0 saturated heterocycles. The van der Waals surface area contributed by atoms with E-state index >= 15 is 0 Å². The molecule has 0 atom stereocenters. The van der Waals surface area contributed by atoms with Gasteiger partial charge in [0.15, 0.2) is 0 Å². The van der Waals surface area contributed by atoms with E-state index in [1.807, 2.05) is 12.1 Å². The molecule has 4 nitrogen and oxygen atoms in total. The lowest BCUT2D eigenvalue weighted by molar-refractivity contribution is -0.384. The summed E-state index contributed by atoms with van der Waals surface area (Å²) in [6, 6.07) is 6.73. The Labute approximate surface area is 125 Å². The van der Waals surface area contributed by atoms with Crippen molar-refractivity contribution >= 4 is 18.1 Å². The summed E-state index contributed by atoms with van der Waals surface area (Å²) in [5.41, 5.74) is 2.81. The van der Waals surface area contributed by atoms with E-state index in [2.05, 4.69) is 11.4 Å². The Morgan fingerprint density at radius 3 is 2.55 bits per heavy atom. The predicted molar refractivity (Wildman–Crippen MR) is 83.2 cm³/mol. The molecule has 0 radical (unpaired) electrons. The van der Waals surface area contributed by atoms with Crippen LogP contribution in [0.3, 0.4) is 0 Å². The van der Waals surface area contributed by atoms with Crippen LogP contribution < -0.4 is 5.32 Å². The molecule has 0 heterocycles. The standard InChI is InChI=1S/C15H20N2O2.ClH/c18-17(19)15-8-6-14(7-9-15)12-16-11-10-13-4-2-1-3-5-13;/h4,6-9,16H,1-3,5,10-12H2;1H. The van der Waals surface area contributed by atoms with Crippen LogP contribution in [0, 0.1) is 10.1 Å². The zero-order valence-corrected chi connectivity index (χ0v) is 12.3. The van der Waals surface area contributed by atoms with Crippen molar-refractivity contribution < 1.29 is 4.92 Å². The van der Waals surface area contributed by atoms with E-state index in [0.717, 1.165) is 25.1 Å². The second-order valence-electron chi connectivity index (χ2n) is 4.96. The molecule has 1 aliphatic rings. The van der Waals surface area contributed by atoms with Crippen molar-refractivity contribution in [2.75, 3.05) is 6.54 Å². The summed E-state index contributed by atoms with van der Waals surface area (Å²) in [6.45, 7) is 1.74. The quantitative estimate of drug-likeness (QED) is 0.374. The molecule has 0 aliphatic heterocycles. The molecule has 5 heteroatoms. The van der Waals surface area contributed by atoms with Crippen LogP contribution >= 0.6 is 12.4 Å². The van der Waals surface area contributed by atoms with Crippen molar-refractivity contribution in [3.05, 3.63) is 51.6 Å². The second-order valence-corrected chi connectivity index (χ2v) is 4.96. The Morgan fingerprint density at radius 2 is 1.95 bits per heavy atom. The first-order chi connectivity index (χ1) is 9.25. The third kappa shape index (κ3) is 5.31.